The van der Waals surface area contributed by atoms with Crippen molar-refractivity contribution in [3.8, 4) is 0 Å². The molecule has 5 N–H and O–H groups in total. The van der Waals surface area contributed by atoms with Crippen LogP contribution in [0.4, 0.5) is 0 Å². The van der Waals surface area contributed by atoms with Gasteiger partial charge >= 0.3 is 0 Å². The van der Waals surface area contributed by atoms with E-state index in [1.54, 1.807) is 0 Å². The van der Waals surface area contributed by atoms with E-state index in [1.165, 1.54) is 263 Å². The average molecular weight is 1010 g/mol. The molecule has 0 aromatic heterocycles. The molecule has 0 radical (unpaired) electrons. The lowest BCUT2D eigenvalue weighted by molar-refractivity contribution is -0.132. The molecule has 0 aromatic rings. The Kier molecular flexibility index (Phi) is 59.2. The number of nitrogens with one attached hydrogen (secondary N) is 1. The Hall–Kier alpha value is -1.47. The van der Waals surface area contributed by atoms with E-state index < -0.39 is 36.9 Å². The van der Waals surface area contributed by atoms with Crippen molar-refractivity contribution in [1.82, 2.24) is 5.32 Å². The van der Waals surface area contributed by atoms with Gasteiger partial charge in [0.15, 0.2) is 0 Å². The molecule has 1 amide bonds. The number of amides is 1. The van der Waals surface area contributed by atoms with E-state index in [4.69, 9.17) is 0 Å². The highest BCUT2D eigenvalue weighted by Gasteiger charge is 2.28. The van der Waals surface area contributed by atoms with Gasteiger partial charge in [0.05, 0.1) is 18.8 Å². The van der Waals surface area contributed by atoms with Gasteiger partial charge in [-0.3, -0.25) is 4.79 Å². The monoisotopic (exact) mass is 1010 g/mol. The number of hydrogen-bond acceptors (Lipinski definition) is 5. The van der Waals surface area contributed by atoms with Gasteiger partial charge in [-0.15, -0.1) is 0 Å². The maximum atomic E-state index is 12.6. The number of hydrogen-bond donors (Lipinski definition) is 5. The third kappa shape index (κ3) is 53.4. The molecule has 0 spiro atoms. The predicted octanol–water partition coefficient (Wildman–Crippen LogP) is 19.5. The van der Waals surface area contributed by atoms with Crippen molar-refractivity contribution in [2.75, 3.05) is 6.61 Å². The van der Waals surface area contributed by atoms with Crippen molar-refractivity contribution in [3.63, 3.8) is 0 Å². The number of aliphatic hydroxyl groups is 4. The molecule has 0 saturated heterocycles. The third-order valence-corrected chi connectivity index (χ3v) is 15.3. The number of carbonyl (C=O) groups excluding carboxylic acids is 1. The normalized spacial score (nSPS) is 13.8. The zero-order valence-electron chi connectivity index (χ0n) is 48.4. The first-order valence-electron chi connectivity index (χ1n) is 32.4. The summed E-state index contributed by atoms with van der Waals surface area (Å²) < 4.78 is 0. The van der Waals surface area contributed by atoms with Crippen LogP contribution in [0.3, 0.4) is 0 Å². The summed E-state index contributed by atoms with van der Waals surface area (Å²) in [5, 5.41) is 44.1. The smallest absolute Gasteiger partial charge is 0.249 e. The predicted molar refractivity (Wildman–Crippen MR) is 316 cm³/mol. The van der Waals surface area contributed by atoms with Gasteiger partial charge in [-0.1, -0.05) is 320 Å². The van der Waals surface area contributed by atoms with Crippen LogP contribution in [0.2, 0.25) is 0 Å². The molecular weight excluding hydrogens is 887 g/mol. The Morgan fingerprint density at radius 3 is 0.875 bits per heavy atom. The van der Waals surface area contributed by atoms with Gasteiger partial charge in [0, 0.05) is 0 Å². The number of rotatable bonds is 60. The van der Waals surface area contributed by atoms with Crippen molar-refractivity contribution in [2.24, 2.45) is 0 Å². The van der Waals surface area contributed by atoms with Crippen LogP contribution in [-0.2, 0) is 4.79 Å². The molecule has 0 rings (SSSR count). The van der Waals surface area contributed by atoms with Crippen LogP contribution in [0.5, 0.6) is 0 Å². The van der Waals surface area contributed by atoms with E-state index in [-0.39, 0.29) is 0 Å². The van der Waals surface area contributed by atoms with E-state index in [1.807, 2.05) is 0 Å². The van der Waals surface area contributed by atoms with Gasteiger partial charge < -0.3 is 25.7 Å². The average Bonchev–Trinajstić information content (AvgIpc) is 3.39. The second-order valence-electron chi connectivity index (χ2n) is 22.4. The Bertz CT molecular complexity index is 1140. The minimum Gasteiger partial charge on any atom is -0.394 e. The van der Waals surface area contributed by atoms with E-state index in [0.29, 0.717) is 19.3 Å². The Morgan fingerprint density at radius 1 is 0.333 bits per heavy atom. The third-order valence-electron chi connectivity index (χ3n) is 15.3. The first kappa shape index (κ1) is 70.5. The second-order valence-corrected chi connectivity index (χ2v) is 22.4. The molecule has 0 saturated carbocycles. The summed E-state index contributed by atoms with van der Waals surface area (Å²) in [4.78, 5) is 12.6. The summed E-state index contributed by atoms with van der Waals surface area (Å²) in [5.74, 6) is -0.593. The second kappa shape index (κ2) is 60.4. The van der Waals surface area contributed by atoms with Gasteiger partial charge in [0.1, 0.15) is 12.2 Å². The van der Waals surface area contributed by atoms with Gasteiger partial charge in [-0.2, -0.15) is 0 Å². The summed E-state index contributed by atoms with van der Waals surface area (Å²) in [6, 6.07) is -1.01. The molecule has 0 aliphatic carbocycles. The van der Waals surface area contributed by atoms with Crippen molar-refractivity contribution in [2.45, 2.75) is 372 Å². The fraction of sp³-hybridized carbons (Fsp3) is 0.894. The lowest BCUT2D eigenvalue weighted by Gasteiger charge is -2.27. The van der Waals surface area contributed by atoms with Gasteiger partial charge in [-0.25, -0.2) is 0 Å². The van der Waals surface area contributed by atoms with Crippen LogP contribution in [0.25, 0.3) is 0 Å². The molecule has 6 heteroatoms. The lowest BCUT2D eigenvalue weighted by Crippen LogP contribution is -2.53. The lowest BCUT2D eigenvalue weighted by atomic mass is 10.00. The van der Waals surface area contributed by atoms with E-state index in [0.717, 1.165) is 51.4 Å². The van der Waals surface area contributed by atoms with Crippen molar-refractivity contribution >= 4 is 5.91 Å². The van der Waals surface area contributed by atoms with Crippen LogP contribution in [0.15, 0.2) is 36.5 Å². The molecule has 72 heavy (non-hydrogen) atoms. The quantitative estimate of drug-likeness (QED) is 0.0308. The molecule has 0 aliphatic heterocycles. The Balaban J connectivity index is 3.61. The fourth-order valence-corrected chi connectivity index (χ4v) is 10.3. The highest BCUT2D eigenvalue weighted by Crippen LogP contribution is 2.19. The van der Waals surface area contributed by atoms with Crippen molar-refractivity contribution in [1.29, 1.82) is 0 Å². The maximum absolute atomic E-state index is 12.6. The SMILES string of the molecule is CCCCCCCCCCCCCC/C=C/CC/C=C/CC/C=C/CCCC(O)C(O)C(CO)NC(=O)C(O)CCCCCCCCCCCCCCCCCCCCCCCCCCCCCCCCC. The molecule has 4 unspecified atom stereocenters. The van der Waals surface area contributed by atoms with Crippen molar-refractivity contribution in [3.05, 3.63) is 36.5 Å². The van der Waals surface area contributed by atoms with Crippen LogP contribution in [0.1, 0.15) is 348 Å². The summed E-state index contributed by atoms with van der Waals surface area (Å²) in [6.45, 7) is 4.08. The highest BCUT2D eigenvalue weighted by molar-refractivity contribution is 5.80. The molecule has 0 fully saturated rings. The number of allylic oxidation sites excluding steroid dienone is 6. The highest BCUT2D eigenvalue weighted by atomic mass is 16.3. The summed E-state index contributed by atoms with van der Waals surface area (Å²) in [7, 11) is 0. The minimum atomic E-state index is -1.29. The van der Waals surface area contributed by atoms with Crippen LogP contribution in [0, 0.1) is 0 Å². The van der Waals surface area contributed by atoms with Crippen LogP contribution < -0.4 is 5.32 Å². The molecule has 0 heterocycles. The van der Waals surface area contributed by atoms with E-state index in [9.17, 15) is 25.2 Å². The molecule has 426 valence electrons. The zero-order valence-corrected chi connectivity index (χ0v) is 48.4. The summed E-state index contributed by atoms with van der Waals surface area (Å²) in [6.07, 6.45) is 76.8. The van der Waals surface area contributed by atoms with Crippen LogP contribution >= 0.6 is 0 Å². The topological polar surface area (TPSA) is 110 Å². The molecular formula is C66H127NO5. The molecule has 0 aliphatic rings. The molecule has 0 bridgehead atoms. The minimum absolute atomic E-state index is 0.362. The number of unbranched alkanes of at least 4 members (excludes halogenated alkanes) is 45. The fourth-order valence-electron chi connectivity index (χ4n) is 10.3. The van der Waals surface area contributed by atoms with Crippen molar-refractivity contribution < 1.29 is 25.2 Å². The largest absolute Gasteiger partial charge is 0.394 e. The van der Waals surface area contributed by atoms with Gasteiger partial charge in [0.2, 0.25) is 5.91 Å². The first-order chi connectivity index (χ1) is 35.5. The summed E-state index contributed by atoms with van der Waals surface area (Å²) in [5.41, 5.74) is 0. The van der Waals surface area contributed by atoms with E-state index in [2.05, 4.69) is 55.6 Å². The van der Waals surface area contributed by atoms with E-state index >= 15 is 0 Å². The summed E-state index contributed by atoms with van der Waals surface area (Å²) >= 11 is 0. The number of aliphatic hydroxyl groups excluding tert-OH is 4. The number of carbonyl (C=O) groups is 1. The van der Waals surface area contributed by atoms with Gasteiger partial charge in [-0.05, 0) is 64.2 Å². The van der Waals surface area contributed by atoms with Gasteiger partial charge in [0.25, 0.3) is 0 Å². The standard InChI is InChI=1S/C66H127NO5/c1-3-5-7-9-11-13-15-17-19-21-23-25-27-29-30-31-32-33-34-36-38-40-42-44-46-48-50-52-54-56-58-60-64(70)66(72)67-62(61-68)65(71)63(69)59-57-55-53-51-49-47-45-43-41-39-37-35-28-26-24-22-20-18-16-14-12-10-8-6-4-2/h35,37,43,45,51,53,62-65,68-71H,3-34,36,38-42,44,46-50,52,54-61H2,1-2H3,(H,67,72)/b37-35+,45-43+,53-51+. The van der Waals surface area contributed by atoms with Crippen LogP contribution in [-0.4, -0.2) is 57.3 Å². The maximum Gasteiger partial charge on any atom is 0.249 e. The first-order valence-corrected chi connectivity index (χ1v) is 32.4. The molecule has 4 atom stereocenters. The zero-order chi connectivity index (χ0) is 52.3. The molecule has 0 aromatic carbocycles. The Labute approximate surface area is 449 Å². The Morgan fingerprint density at radius 2 is 0.583 bits per heavy atom. The molecule has 6 nitrogen and oxygen atoms in total.